The summed E-state index contributed by atoms with van der Waals surface area (Å²) in [5.74, 6) is -0.180. The minimum Gasteiger partial charge on any atom is -0.351 e. The normalized spacial score (nSPS) is 17.4. The molecule has 1 fully saturated rings. The Kier molecular flexibility index (Phi) is 5.45. The summed E-state index contributed by atoms with van der Waals surface area (Å²) in [5, 5.41) is 13.1. The van der Waals surface area contributed by atoms with E-state index in [1.165, 1.54) is 28.6 Å². The fourth-order valence-corrected chi connectivity index (χ4v) is 3.71. The Labute approximate surface area is 134 Å². The van der Waals surface area contributed by atoms with Gasteiger partial charge in [-0.3, -0.25) is 14.9 Å². The van der Waals surface area contributed by atoms with E-state index < -0.39 is 14.9 Å². The molecule has 0 spiro atoms. The maximum Gasteiger partial charge on any atom is 0.269 e. The Morgan fingerprint density at radius 3 is 2.61 bits per heavy atom. The van der Waals surface area contributed by atoms with Crippen LogP contribution in [0, 0.1) is 10.1 Å². The van der Waals surface area contributed by atoms with Crippen LogP contribution in [0.1, 0.15) is 12.0 Å². The number of hydrogen-bond donors (Lipinski definition) is 1. The van der Waals surface area contributed by atoms with Crippen molar-refractivity contribution >= 4 is 27.7 Å². The summed E-state index contributed by atoms with van der Waals surface area (Å²) in [6, 6.07) is 5.79. The Balaban J connectivity index is 1.79. The Morgan fingerprint density at radius 1 is 1.35 bits per heavy atom. The third kappa shape index (κ3) is 4.86. The first-order chi connectivity index (χ1) is 10.9. The summed E-state index contributed by atoms with van der Waals surface area (Å²) in [4.78, 5) is 21.7. The molecule has 1 aliphatic rings. The minimum absolute atomic E-state index is 0.0153. The van der Waals surface area contributed by atoms with E-state index >= 15 is 0 Å². The number of carbonyl (C=O) groups is 1. The van der Waals surface area contributed by atoms with Gasteiger partial charge in [0, 0.05) is 37.8 Å². The molecule has 9 heteroatoms. The lowest BCUT2D eigenvalue weighted by molar-refractivity contribution is -0.384. The van der Waals surface area contributed by atoms with Gasteiger partial charge >= 0.3 is 0 Å². The van der Waals surface area contributed by atoms with Gasteiger partial charge in [-0.2, -0.15) is 0 Å². The molecular formula is C14H17N3O5S. The van der Waals surface area contributed by atoms with Crippen LogP contribution in [0.5, 0.6) is 0 Å². The van der Waals surface area contributed by atoms with Crippen molar-refractivity contribution in [2.24, 2.45) is 0 Å². The Hall–Kier alpha value is -2.26. The molecule has 0 unspecified atom stereocenters. The van der Waals surface area contributed by atoms with Gasteiger partial charge in [-0.1, -0.05) is 0 Å². The zero-order valence-electron chi connectivity index (χ0n) is 12.3. The molecule has 1 aromatic carbocycles. The van der Waals surface area contributed by atoms with Crippen LogP contribution in [0.3, 0.4) is 0 Å². The molecular weight excluding hydrogens is 322 g/mol. The van der Waals surface area contributed by atoms with Crippen LogP contribution in [0.4, 0.5) is 5.69 Å². The molecule has 23 heavy (non-hydrogen) atoms. The summed E-state index contributed by atoms with van der Waals surface area (Å²) in [7, 11) is -3.14. The van der Waals surface area contributed by atoms with Gasteiger partial charge in [-0.15, -0.1) is 0 Å². The van der Waals surface area contributed by atoms with Crippen LogP contribution in [-0.2, 0) is 14.8 Å². The highest BCUT2D eigenvalue weighted by molar-refractivity contribution is 7.89. The number of amides is 1. The number of nitro groups is 1. The first-order valence-electron chi connectivity index (χ1n) is 7.07. The van der Waals surface area contributed by atoms with Crippen molar-refractivity contribution in [1.29, 1.82) is 0 Å². The molecule has 1 aliphatic heterocycles. The van der Waals surface area contributed by atoms with E-state index in [-0.39, 0.29) is 30.4 Å². The molecule has 2 rings (SSSR count). The first kappa shape index (κ1) is 17.1. The standard InChI is InChI=1S/C14H17N3O5S/c18-14(15-8-10-16-9-1-11-23(16,21)22)7-4-12-2-5-13(6-3-12)17(19)20/h2-7H,1,8-11H2,(H,15,18). The molecule has 1 N–H and O–H groups in total. The van der Waals surface area contributed by atoms with Crippen molar-refractivity contribution in [3.05, 3.63) is 46.0 Å². The van der Waals surface area contributed by atoms with Crippen LogP contribution in [-0.4, -0.2) is 48.9 Å². The predicted octanol–water partition coefficient (Wildman–Crippen LogP) is 0.760. The van der Waals surface area contributed by atoms with Crippen LogP contribution < -0.4 is 5.32 Å². The molecule has 0 saturated carbocycles. The van der Waals surface area contributed by atoms with Gasteiger partial charge < -0.3 is 5.32 Å². The Bertz CT molecular complexity index is 712. The summed E-state index contributed by atoms with van der Waals surface area (Å²) < 4.78 is 24.5. The zero-order valence-corrected chi connectivity index (χ0v) is 13.2. The van der Waals surface area contributed by atoms with Crippen LogP contribution in [0.15, 0.2) is 30.3 Å². The van der Waals surface area contributed by atoms with Crippen molar-refractivity contribution < 1.29 is 18.1 Å². The van der Waals surface area contributed by atoms with Gasteiger partial charge in [0.2, 0.25) is 15.9 Å². The number of nitro benzene ring substituents is 1. The minimum atomic E-state index is -3.14. The highest BCUT2D eigenvalue weighted by atomic mass is 32.2. The van der Waals surface area contributed by atoms with E-state index in [0.29, 0.717) is 18.5 Å². The molecule has 0 radical (unpaired) electrons. The third-order valence-electron chi connectivity index (χ3n) is 3.39. The monoisotopic (exact) mass is 339 g/mol. The number of sulfonamides is 1. The van der Waals surface area contributed by atoms with Gasteiger partial charge in [-0.05, 0) is 30.2 Å². The van der Waals surface area contributed by atoms with Gasteiger partial charge in [0.25, 0.3) is 5.69 Å². The molecule has 1 aromatic rings. The number of hydrogen-bond acceptors (Lipinski definition) is 5. The second-order valence-electron chi connectivity index (χ2n) is 5.04. The van der Waals surface area contributed by atoms with Crippen molar-refractivity contribution in [2.45, 2.75) is 6.42 Å². The number of non-ortho nitro benzene ring substituents is 1. The van der Waals surface area contributed by atoms with Gasteiger partial charge in [0.15, 0.2) is 0 Å². The van der Waals surface area contributed by atoms with Gasteiger partial charge in [0.05, 0.1) is 10.7 Å². The lowest BCUT2D eigenvalue weighted by Crippen LogP contribution is -2.35. The largest absolute Gasteiger partial charge is 0.351 e. The van der Waals surface area contributed by atoms with Crippen molar-refractivity contribution in [2.75, 3.05) is 25.4 Å². The lowest BCUT2D eigenvalue weighted by Gasteiger charge is -2.13. The Morgan fingerprint density at radius 2 is 2.04 bits per heavy atom. The SMILES string of the molecule is O=C(C=Cc1ccc([N+](=O)[O-])cc1)NCCN1CCCS1(=O)=O. The molecule has 0 aromatic heterocycles. The van der Waals surface area contributed by atoms with Crippen LogP contribution in [0.25, 0.3) is 6.08 Å². The van der Waals surface area contributed by atoms with Crippen molar-refractivity contribution in [3.63, 3.8) is 0 Å². The number of benzene rings is 1. The predicted molar refractivity (Wildman–Crippen MR) is 85.1 cm³/mol. The average Bonchev–Trinajstić information content (AvgIpc) is 2.84. The van der Waals surface area contributed by atoms with E-state index in [2.05, 4.69) is 5.32 Å². The molecule has 0 aliphatic carbocycles. The summed E-state index contributed by atoms with van der Waals surface area (Å²) >= 11 is 0. The van der Waals surface area contributed by atoms with Crippen LogP contribution in [0.2, 0.25) is 0 Å². The number of nitrogens with zero attached hydrogens (tertiary/aromatic N) is 2. The summed E-state index contributed by atoms with van der Waals surface area (Å²) in [6.45, 7) is 0.999. The van der Waals surface area contributed by atoms with E-state index in [1.54, 1.807) is 12.1 Å². The molecule has 0 bridgehead atoms. The smallest absolute Gasteiger partial charge is 0.269 e. The lowest BCUT2D eigenvalue weighted by atomic mass is 10.2. The average molecular weight is 339 g/mol. The third-order valence-corrected chi connectivity index (χ3v) is 5.35. The highest BCUT2D eigenvalue weighted by Crippen LogP contribution is 2.13. The number of rotatable bonds is 6. The topological polar surface area (TPSA) is 110 Å². The van der Waals surface area contributed by atoms with Crippen molar-refractivity contribution in [1.82, 2.24) is 9.62 Å². The quantitative estimate of drug-likeness (QED) is 0.467. The zero-order chi connectivity index (χ0) is 16.9. The van der Waals surface area contributed by atoms with E-state index in [9.17, 15) is 23.3 Å². The molecule has 8 nitrogen and oxygen atoms in total. The second kappa shape index (κ2) is 7.34. The van der Waals surface area contributed by atoms with Crippen LogP contribution >= 0.6 is 0 Å². The fourth-order valence-electron chi connectivity index (χ4n) is 2.18. The fraction of sp³-hybridized carbons (Fsp3) is 0.357. The molecule has 124 valence electrons. The van der Waals surface area contributed by atoms with E-state index in [4.69, 9.17) is 0 Å². The van der Waals surface area contributed by atoms with Crippen molar-refractivity contribution in [3.8, 4) is 0 Å². The number of nitrogens with one attached hydrogen (secondary N) is 1. The second-order valence-corrected chi connectivity index (χ2v) is 7.13. The highest BCUT2D eigenvalue weighted by Gasteiger charge is 2.27. The molecule has 1 heterocycles. The maximum absolute atomic E-state index is 11.7. The van der Waals surface area contributed by atoms with E-state index in [0.717, 1.165) is 0 Å². The number of carbonyl (C=O) groups excluding carboxylic acids is 1. The van der Waals surface area contributed by atoms with Gasteiger partial charge in [-0.25, -0.2) is 12.7 Å². The summed E-state index contributed by atoms with van der Waals surface area (Å²) in [5.41, 5.74) is 0.645. The first-order valence-corrected chi connectivity index (χ1v) is 8.67. The molecule has 0 atom stereocenters. The molecule has 1 saturated heterocycles. The maximum atomic E-state index is 11.7. The van der Waals surface area contributed by atoms with E-state index in [1.807, 2.05) is 0 Å². The summed E-state index contributed by atoms with van der Waals surface area (Å²) in [6.07, 6.45) is 3.46. The van der Waals surface area contributed by atoms with Gasteiger partial charge in [0.1, 0.15) is 0 Å². The molecule has 1 amide bonds.